The van der Waals surface area contributed by atoms with Gasteiger partial charge in [-0.25, -0.2) is 9.59 Å². The monoisotopic (exact) mass is 360 g/mol. The van der Waals surface area contributed by atoms with Crippen molar-refractivity contribution in [3.05, 3.63) is 0 Å². The molecular formula is C12H19Cl3N2O4. The first-order valence-electron chi connectivity index (χ1n) is 6.44. The highest BCUT2D eigenvalue weighted by atomic mass is 35.6. The number of amides is 2. The molecule has 0 aliphatic carbocycles. The molecule has 0 aromatic heterocycles. The smallest absolute Gasteiger partial charge is 0.410 e. The van der Waals surface area contributed by atoms with E-state index in [0.29, 0.717) is 26.2 Å². The minimum atomic E-state index is -1.63. The lowest BCUT2D eigenvalue weighted by molar-refractivity contribution is 0.0131. The molecule has 2 amide bonds. The van der Waals surface area contributed by atoms with E-state index in [0.717, 1.165) is 0 Å². The number of carbonyl (C=O) groups excluding carboxylic acids is 2. The molecule has 1 fully saturated rings. The molecule has 0 bridgehead atoms. The third-order valence-electron chi connectivity index (χ3n) is 2.55. The van der Waals surface area contributed by atoms with Crippen molar-refractivity contribution in [3.8, 4) is 0 Å². The lowest BCUT2D eigenvalue weighted by atomic mass is 10.2. The van der Waals surface area contributed by atoms with Crippen LogP contribution in [0.4, 0.5) is 9.59 Å². The van der Waals surface area contributed by atoms with E-state index < -0.39 is 21.6 Å². The van der Waals surface area contributed by atoms with E-state index in [1.807, 2.05) is 0 Å². The number of alkyl halides is 3. The second kappa shape index (κ2) is 7.11. The Labute approximate surface area is 139 Å². The normalized spacial score (nSPS) is 16.7. The Hall–Kier alpha value is -0.590. The Bertz CT molecular complexity index is 385. The summed E-state index contributed by atoms with van der Waals surface area (Å²) in [7, 11) is 0. The van der Waals surface area contributed by atoms with Crippen molar-refractivity contribution in [3.63, 3.8) is 0 Å². The first-order valence-corrected chi connectivity index (χ1v) is 7.58. The number of hydrogen-bond acceptors (Lipinski definition) is 4. The van der Waals surface area contributed by atoms with Gasteiger partial charge < -0.3 is 19.3 Å². The fraction of sp³-hybridized carbons (Fsp3) is 0.833. The van der Waals surface area contributed by atoms with Crippen molar-refractivity contribution >= 4 is 47.0 Å². The number of hydrogen-bond donors (Lipinski definition) is 0. The van der Waals surface area contributed by atoms with Crippen LogP contribution in [0.5, 0.6) is 0 Å². The third-order valence-corrected chi connectivity index (χ3v) is 2.88. The topological polar surface area (TPSA) is 59.1 Å². The van der Waals surface area contributed by atoms with Crippen LogP contribution >= 0.6 is 34.8 Å². The van der Waals surface area contributed by atoms with Gasteiger partial charge in [0.05, 0.1) is 0 Å². The van der Waals surface area contributed by atoms with E-state index in [4.69, 9.17) is 44.3 Å². The summed E-state index contributed by atoms with van der Waals surface area (Å²) in [6.07, 6.45) is -0.957. The van der Waals surface area contributed by atoms with Gasteiger partial charge in [0.15, 0.2) is 0 Å². The van der Waals surface area contributed by atoms with Gasteiger partial charge >= 0.3 is 12.2 Å². The van der Waals surface area contributed by atoms with Crippen molar-refractivity contribution in [1.29, 1.82) is 0 Å². The summed E-state index contributed by atoms with van der Waals surface area (Å²) in [6, 6.07) is 0. The highest BCUT2D eigenvalue weighted by molar-refractivity contribution is 6.67. The SMILES string of the molecule is CC(C)(C)OC(=O)N1CCN(C(=O)OCC(Cl)(Cl)Cl)CC1. The first kappa shape index (κ1) is 18.5. The summed E-state index contributed by atoms with van der Waals surface area (Å²) in [4.78, 5) is 26.6. The maximum atomic E-state index is 11.9. The molecule has 0 spiro atoms. The van der Waals surface area contributed by atoms with Crippen LogP contribution in [0.25, 0.3) is 0 Å². The zero-order chi connectivity index (χ0) is 16.3. The van der Waals surface area contributed by atoms with Crippen molar-refractivity contribution in [2.45, 2.75) is 30.2 Å². The summed E-state index contributed by atoms with van der Waals surface area (Å²) >= 11 is 16.5. The molecule has 0 N–H and O–H groups in total. The molecule has 9 heteroatoms. The zero-order valence-corrected chi connectivity index (χ0v) is 14.5. The largest absolute Gasteiger partial charge is 0.445 e. The lowest BCUT2D eigenvalue weighted by Gasteiger charge is -2.35. The lowest BCUT2D eigenvalue weighted by Crippen LogP contribution is -2.52. The highest BCUT2D eigenvalue weighted by Crippen LogP contribution is 2.26. The van der Waals surface area contributed by atoms with E-state index in [9.17, 15) is 9.59 Å². The molecule has 21 heavy (non-hydrogen) atoms. The van der Waals surface area contributed by atoms with Gasteiger partial charge in [-0.1, -0.05) is 34.8 Å². The van der Waals surface area contributed by atoms with Crippen molar-refractivity contribution in [2.75, 3.05) is 32.8 Å². The Morgan fingerprint density at radius 2 is 1.38 bits per heavy atom. The fourth-order valence-electron chi connectivity index (χ4n) is 1.63. The minimum Gasteiger partial charge on any atom is -0.445 e. The molecule has 1 saturated heterocycles. The molecule has 0 radical (unpaired) electrons. The second-order valence-corrected chi connectivity index (χ2v) is 8.14. The molecule has 0 aromatic carbocycles. The Balaban J connectivity index is 2.38. The summed E-state index contributed by atoms with van der Waals surface area (Å²) in [5, 5.41) is 0. The number of carbonyl (C=O) groups is 2. The maximum absolute atomic E-state index is 11.9. The molecular weight excluding hydrogens is 343 g/mol. The van der Waals surface area contributed by atoms with Crippen LogP contribution in [-0.4, -0.2) is 64.2 Å². The highest BCUT2D eigenvalue weighted by Gasteiger charge is 2.29. The van der Waals surface area contributed by atoms with E-state index in [2.05, 4.69) is 0 Å². The number of nitrogens with zero attached hydrogens (tertiary/aromatic N) is 2. The van der Waals surface area contributed by atoms with Crippen molar-refractivity contribution in [1.82, 2.24) is 9.80 Å². The molecule has 0 atom stereocenters. The van der Waals surface area contributed by atoms with E-state index >= 15 is 0 Å². The number of halogens is 3. The molecule has 0 aromatic rings. The van der Waals surface area contributed by atoms with Gasteiger partial charge in [0, 0.05) is 26.2 Å². The fourth-order valence-corrected chi connectivity index (χ4v) is 1.80. The summed E-state index contributed by atoms with van der Waals surface area (Å²) < 4.78 is 8.51. The average molecular weight is 362 g/mol. The predicted molar refractivity (Wildman–Crippen MR) is 81.0 cm³/mol. The molecule has 1 aliphatic rings. The van der Waals surface area contributed by atoms with Gasteiger partial charge in [-0.3, -0.25) is 0 Å². The van der Waals surface area contributed by atoms with Gasteiger partial charge in [0.1, 0.15) is 12.2 Å². The van der Waals surface area contributed by atoms with Crippen molar-refractivity contribution < 1.29 is 19.1 Å². The molecule has 6 nitrogen and oxygen atoms in total. The van der Waals surface area contributed by atoms with Crippen LogP contribution in [0.15, 0.2) is 0 Å². The van der Waals surface area contributed by atoms with Crippen molar-refractivity contribution in [2.24, 2.45) is 0 Å². The van der Waals surface area contributed by atoms with Crippen LogP contribution in [0.1, 0.15) is 20.8 Å². The molecule has 1 heterocycles. The van der Waals surface area contributed by atoms with Gasteiger partial charge in [-0.2, -0.15) is 0 Å². The van der Waals surface area contributed by atoms with Crippen LogP contribution in [0.2, 0.25) is 0 Å². The summed E-state index contributed by atoms with van der Waals surface area (Å²) in [6.45, 7) is 6.52. The Morgan fingerprint density at radius 3 is 1.76 bits per heavy atom. The Kier molecular flexibility index (Phi) is 6.25. The van der Waals surface area contributed by atoms with Gasteiger partial charge in [0.2, 0.25) is 3.79 Å². The van der Waals surface area contributed by atoms with Gasteiger partial charge in [0.25, 0.3) is 0 Å². The minimum absolute atomic E-state index is 0.317. The summed E-state index contributed by atoms with van der Waals surface area (Å²) in [5.74, 6) is 0. The Morgan fingerprint density at radius 1 is 0.952 bits per heavy atom. The van der Waals surface area contributed by atoms with E-state index in [1.165, 1.54) is 4.90 Å². The van der Waals surface area contributed by atoms with Gasteiger partial charge in [-0.05, 0) is 20.8 Å². The first-order chi connectivity index (χ1) is 9.48. The number of piperazine rings is 1. The molecule has 1 aliphatic heterocycles. The average Bonchev–Trinajstić information content (AvgIpc) is 2.33. The molecule has 0 saturated carbocycles. The van der Waals surface area contributed by atoms with Crippen LogP contribution in [-0.2, 0) is 9.47 Å². The van der Waals surface area contributed by atoms with Gasteiger partial charge in [-0.15, -0.1) is 0 Å². The summed E-state index contributed by atoms with van der Waals surface area (Å²) in [5.41, 5.74) is -0.544. The number of ether oxygens (including phenoxy) is 2. The predicted octanol–water partition coefficient (Wildman–Crippen LogP) is 3.05. The van der Waals surface area contributed by atoms with E-state index in [1.54, 1.807) is 25.7 Å². The second-order valence-electron chi connectivity index (χ2n) is 5.62. The quantitative estimate of drug-likeness (QED) is 0.674. The van der Waals surface area contributed by atoms with E-state index in [-0.39, 0.29) is 6.61 Å². The third kappa shape index (κ3) is 7.29. The van der Waals surface area contributed by atoms with Crippen LogP contribution < -0.4 is 0 Å². The number of rotatable bonds is 1. The molecule has 0 unspecified atom stereocenters. The maximum Gasteiger partial charge on any atom is 0.410 e. The standard InChI is InChI=1S/C12H19Cl3N2O4/c1-11(2,3)21-10(19)17-6-4-16(5-7-17)9(18)20-8-12(13,14)15/h4-8H2,1-3H3. The van der Waals surface area contributed by atoms with Crippen LogP contribution in [0.3, 0.4) is 0 Å². The molecule has 1 rings (SSSR count). The zero-order valence-electron chi connectivity index (χ0n) is 12.2. The van der Waals surface area contributed by atoms with Crippen LogP contribution in [0, 0.1) is 0 Å². The molecule has 122 valence electrons.